The average molecular weight is 238 g/mol. The molecule has 96 valence electrons. The Hall–Kier alpha value is -1.23. The third-order valence-electron chi connectivity index (χ3n) is 2.83. The highest BCUT2D eigenvalue weighted by atomic mass is 16.5. The minimum atomic E-state index is -0.348. The Morgan fingerprint density at radius 1 is 1.12 bits per heavy atom. The lowest BCUT2D eigenvalue weighted by Gasteiger charge is -2.21. The molecule has 1 aromatic heterocycles. The molecule has 0 bridgehead atoms. The minimum Gasteiger partial charge on any atom is -0.460 e. The van der Waals surface area contributed by atoms with Crippen LogP contribution in [-0.4, -0.2) is 27.3 Å². The second-order valence-electron chi connectivity index (χ2n) is 4.49. The summed E-state index contributed by atoms with van der Waals surface area (Å²) in [5.41, 5.74) is 7.53. The number of rotatable bonds is 6. The van der Waals surface area contributed by atoms with E-state index in [2.05, 4.69) is 15.2 Å². The lowest BCUT2D eigenvalue weighted by Crippen LogP contribution is -2.41. The van der Waals surface area contributed by atoms with Gasteiger partial charge >= 0.3 is 6.01 Å². The van der Waals surface area contributed by atoms with Crippen LogP contribution in [-0.2, 0) is 12.8 Å². The van der Waals surface area contributed by atoms with Gasteiger partial charge in [0.25, 0.3) is 0 Å². The first kappa shape index (κ1) is 13.8. The van der Waals surface area contributed by atoms with E-state index in [4.69, 9.17) is 10.5 Å². The second kappa shape index (κ2) is 5.91. The van der Waals surface area contributed by atoms with Gasteiger partial charge < -0.3 is 10.5 Å². The van der Waals surface area contributed by atoms with E-state index < -0.39 is 0 Å². The van der Waals surface area contributed by atoms with Crippen molar-refractivity contribution in [2.75, 3.05) is 6.61 Å². The van der Waals surface area contributed by atoms with Gasteiger partial charge in [-0.15, -0.1) is 5.10 Å². The van der Waals surface area contributed by atoms with E-state index in [1.807, 2.05) is 27.7 Å². The molecule has 0 aliphatic rings. The molecule has 0 aliphatic heterocycles. The first-order valence-electron chi connectivity index (χ1n) is 6.16. The summed E-state index contributed by atoms with van der Waals surface area (Å²) < 4.78 is 5.49. The third-order valence-corrected chi connectivity index (χ3v) is 2.83. The molecule has 1 aromatic rings. The Bertz CT molecular complexity index is 366. The highest BCUT2D eigenvalue weighted by Gasteiger charge is 2.17. The van der Waals surface area contributed by atoms with Crippen LogP contribution < -0.4 is 10.5 Å². The molecule has 5 nitrogen and oxygen atoms in total. The molecule has 0 aliphatic carbocycles. The first-order chi connectivity index (χ1) is 8.02. The fourth-order valence-electron chi connectivity index (χ4n) is 1.31. The summed E-state index contributed by atoms with van der Waals surface area (Å²) in [5, 5.41) is 8.07. The van der Waals surface area contributed by atoms with Gasteiger partial charge in [0.1, 0.15) is 6.61 Å². The summed E-state index contributed by atoms with van der Waals surface area (Å²) in [4.78, 5) is 4.35. The summed E-state index contributed by atoms with van der Waals surface area (Å²) in [7, 11) is 0. The van der Waals surface area contributed by atoms with Gasteiger partial charge in [-0.25, -0.2) is 0 Å². The molecular weight excluding hydrogens is 216 g/mol. The van der Waals surface area contributed by atoms with Crippen molar-refractivity contribution in [2.24, 2.45) is 5.73 Å². The van der Waals surface area contributed by atoms with Crippen LogP contribution in [0.25, 0.3) is 0 Å². The Morgan fingerprint density at radius 3 is 2.29 bits per heavy atom. The van der Waals surface area contributed by atoms with Gasteiger partial charge in [0.15, 0.2) is 0 Å². The lowest BCUT2D eigenvalue weighted by molar-refractivity contribution is 0.207. The van der Waals surface area contributed by atoms with Gasteiger partial charge in [0.05, 0.1) is 11.4 Å². The van der Waals surface area contributed by atoms with Crippen LogP contribution in [0.4, 0.5) is 0 Å². The number of nitrogens with zero attached hydrogens (tertiary/aromatic N) is 3. The largest absolute Gasteiger partial charge is 0.460 e. The SMILES string of the molecule is CCc1nnc(OCC(C)(N)CC)nc1CC. The van der Waals surface area contributed by atoms with Gasteiger partial charge in [0.2, 0.25) is 0 Å². The van der Waals surface area contributed by atoms with Crippen LogP contribution in [0.5, 0.6) is 6.01 Å². The van der Waals surface area contributed by atoms with Gasteiger partial charge in [-0.1, -0.05) is 25.9 Å². The van der Waals surface area contributed by atoms with Crippen molar-refractivity contribution in [2.45, 2.75) is 52.5 Å². The van der Waals surface area contributed by atoms with Crippen LogP contribution in [0.1, 0.15) is 45.5 Å². The molecule has 1 rings (SSSR count). The molecule has 0 aromatic carbocycles. The van der Waals surface area contributed by atoms with Crippen LogP contribution in [0, 0.1) is 0 Å². The predicted octanol–water partition coefficient (Wildman–Crippen LogP) is 1.50. The Balaban J connectivity index is 2.73. The third kappa shape index (κ3) is 3.93. The maximum absolute atomic E-state index is 5.99. The van der Waals surface area contributed by atoms with Crippen molar-refractivity contribution in [3.8, 4) is 6.01 Å². The van der Waals surface area contributed by atoms with E-state index in [1.54, 1.807) is 0 Å². The molecule has 0 saturated carbocycles. The maximum atomic E-state index is 5.99. The van der Waals surface area contributed by atoms with Crippen molar-refractivity contribution in [1.82, 2.24) is 15.2 Å². The smallest absolute Gasteiger partial charge is 0.335 e. The highest BCUT2D eigenvalue weighted by Crippen LogP contribution is 2.11. The molecule has 0 radical (unpaired) electrons. The summed E-state index contributed by atoms with van der Waals surface area (Å²) in [6.45, 7) is 8.47. The van der Waals surface area contributed by atoms with Crippen LogP contribution >= 0.6 is 0 Å². The van der Waals surface area contributed by atoms with E-state index in [0.29, 0.717) is 12.6 Å². The monoisotopic (exact) mass is 238 g/mol. The van der Waals surface area contributed by atoms with Gasteiger partial charge in [-0.3, -0.25) is 0 Å². The molecule has 1 unspecified atom stereocenters. The minimum absolute atomic E-state index is 0.323. The fraction of sp³-hybridized carbons (Fsp3) is 0.750. The second-order valence-corrected chi connectivity index (χ2v) is 4.49. The molecule has 1 atom stereocenters. The summed E-state index contributed by atoms with van der Waals surface area (Å²) in [6, 6.07) is 0.323. The lowest BCUT2D eigenvalue weighted by atomic mass is 10.0. The van der Waals surface area contributed by atoms with E-state index >= 15 is 0 Å². The molecule has 0 fully saturated rings. The predicted molar refractivity (Wildman–Crippen MR) is 67.0 cm³/mol. The van der Waals surface area contributed by atoms with Crippen molar-refractivity contribution >= 4 is 0 Å². The van der Waals surface area contributed by atoms with Gasteiger partial charge in [-0.05, 0) is 26.2 Å². The van der Waals surface area contributed by atoms with Gasteiger partial charge in [-0.2, -0.15) is 4.98 Å². The van der Waals surface area contributed by atoms with Crippen LogP contribution in [0.15, 0.2) is 0 Å². The molecule has 5 heteroatoms. The zero-order valence-corrected chi connectivity index (χ0v) is 11.2. The molecule has 0 saturated heterocycles. The standard InChI is InChI=1S/C12H22N4O/c1-5-9-10(6-2)15-16-11(14-9)17-8-12(4,13)7-3/h5-8,13H2,1-4H3. The molecular formula is C12H22N4O. The van der Waals surface area contributed by atoms with E-state index in [1.165, 1.54) is 0 Å². The quantitative estimate of drug-likeness (QED) is 0.813. The van der Waals surface area contributed by atoms with Crippen molar-refractivity contribution < 1.29 is 4.74 Å². The topological polar surface area (TPSA) is 73.9 Å². The maximum Gasteiger partial charge on any atom is 0.335 e. The Kier molecular flexibility index (Phi) is 4.81. The Labute approximate surface area is 103 Å². The number of hydrogen-bond acceptors (Lipinski definition) is 5. The molecule has 2 N–H and O–H groups in total. The van der Waals surface area contributed by atoms with Crippen molar-refractivity contribution in [1.29, 1.82) is 0 Å². The molecule has 1 heterocycles. The average Bonchev–Trinajstić information content (AvgIpc) is 2.36. The number of ether oxygens (including phenoxy) is 1. The number of nitrogens with two attached hydrogens (primary N) is 1. The zero-order valence-electron chi connectivity index (χ0n) is 11.2. The summed E-state index contributed by atoms with van der Waals surface area (Å²) in [5.74, 6) is 0. The molecule has 0 spiro atoms. The normalized spacial score (nSPS) is 14.4. The first-order valence-corrected chi connectivity index (χ1v) is 6.16. The summed E-state index contributed by atoms with van der Waals surface area (Å²) >= 11 is 0. The fourth-order valence-corrected chi connectivity index (χ4v) is 1.31. The molecule has 17 heavy (non-hydrogen) atoms. The van der Waals surface area contributed by atoms with Crippen molar-refractivity contribution in [3.63, 3.8) is 0 Å². The highest BCUT2D eigenvalue weighted by molar-refractivity contribution is 5.11. The summed E-state index contributed by atoms with van der Waals surface area (Å²) in [6.07, 6.45) is 2.52. The van der Waals surface area contributed by atoms with Crippen LogP contribution in [0.2, 0.25) is 0 Å². The number of hydrogen-bond donors (Lipinski definition) is 1. The Morgan fingerprint density at radius 2 is 1.76 bits per heavy atom. The van der Waals surface area contributed by atoms with Crippen molar-refractivity contribution in [3.05, 3.63) is 11.4 Å². The van der Waals surface area contributed by atoms with Gasteiger partial charge in [0, 0.05) is 5.54 Å². The molecule has 0 amide bonds. The van der Waals surface area contributed by atoms with Crippen LogP contribution in [0.3, 0.4) is 0 Å². The number of aromatic nitrogens is 3. The zero-order chi connectivity index (χ0) is 12.9. The number of aryl methyl sites for hydroxylation is 2. The van der Waals surface area contributed by atoms with E-state index in [9.17, 15) is 0 Å². The van der Waals surface area contributed by atoms with E-state index in [0.717, 1.165) is 30.7 Å². The van der Waals surface area contributed by atoms with E-state index in [-0.39, 0.29) is 5.54 Å².